The normalized spacial score (nSPS) is 13.2. The first-order valence-electron chi connectivity index (χ1n) is 10.1. The summed E-state index contributed by atoms with van der Waals surface area (Å²) >= 11 is 0. The molecule has 0 nitrogen and oxygen atoms in total. The molecule has 1 aliphatic carbocycles. The van der Waals surface area contributed by atoms with Gasteiger partial charge in [0.15, 0.2) is 11.6 Å². The van der Waals surface area contributed by atoms with E-state index in [0.29, 0.717) is 30.4 Å². The molecule has 0 spiro atoms. The Bertz CT molecular complexity index is 1090. The lowest BCUT2D eigenvalue weighted by Gasteiger charge is -2.20. The number of allylic oxidation sites excluding steroid dienone is 1. The van der Waals surface area contributed by atoms with Crippen molar-refractivity contribution >= 4 is 11.6 Å². The summed E-state index contributed by atoms with van der Waals surface area (Å²) in [5.74, 6) is -2.33. The van der Waals surface area contributed by atoms with Crippen molar-refractivity contribution in [3.63, 3.8) is 0 Å². The molecule has 0 bridgehead atoms. The Morgan fingerprint density at radius 1 is 0.690 bits per heavy atom. The second-order valence-corrected chi connectivity index (χ2v) is 7.47. The molecule has 0 atom stereocenters. The Morgan fingerprint density at radius 2 is 1.38 bits per heavy atom. The predicted octanol–water partition coefficient (Wildman–Crippen LogP) is 7.38. The summed E-state index contributed by atoms with van der Waals surface area (Å²) in [6.07, 6.45) is 4.64. The summed E-state index contributed by atoms with van der Waals surface area (Å²) in [5.41, 5.74) is 5.35. The first kappa shape index (κ1) is 19.5. The van der Waals surface area contributed by atoms with E-state index in [1.807, 2.05) is 6.08 Å². The molecule has 0 aromatic heterocycles. The lowest BCUT2D eigenvalue weighted by Crippen LogP contribution is -2.05. The average Bonchev–Trinajstić information content (AvgIpc) is 2.76. The van der Waals surface area contributed by atoms with Gasteiger partial charge in [0.25, 0.3) is 0 Å². The molecule has 0 saturated carbocycles. The van der Waals surface area contributed by atoms with Crippen molar-refractivity contribution in [2.24, 2.45) is 0 Å². The van der Waals surface area contributed by atoms with Crippen LogP contribution in [0.2, 0.25) is 0 Å². The van der Waals surface area contributed by atoms with Gasteiger partial charge in [-0.3, -0.25) is 0 Å². The maximum absolute atomic E-state index is 15.2. The molecule has 0 heterocycles. The molecule has 29 heavy (non-hydrogen) atoms. The van der Waals surface area contributed by atoms with Crippen molar-refractivity contribution in [3.8, 4) is 11.1 Å². The third-order valence-corrected chi connectivity index (χ3v) is 5.82. The molecule has 0 radical (unpaired) electrons. The molecule has 0 saturated heterocycles. The van der Waals surface area contributed by atoms with E-state index in [2.05, 4.69) is 31.2 Å². The number of rotatable bonds is 4. The molecule has 0 amide bonds. The van der Waals surface area contributed by atoms with Crippen LogP contribution in [0.25, 0.3) is 22.8 Å². The van der Waals surface area contributed by atoms with Gasteiger partial charge < -0.3 is 0 Å². The third kappa shape index (κ3) is 3.50. The van der Waals surface area contributed by atoms with Crippen molar-refractivity contribution in [2.45, 2.75) is 39.5 Å². The second kappa shape index (κ2) is 7.90. The van der Waals surface area contributed by atoms with Crippen LogP contribution < -0.4 is 0 Å². The molecule has 4 rings (SSSR count). The summed E-state index contributed by atoms with van der Waals surface area (Å²) in [7, 11) is 0. The summed E-state index contributed by atoms with van der Waals surface area (Å²) in [4.78, 5) is 0. The Hall–Kier alpha value is -2.81. The fraction of sp³-hybridized carbons (Fsp3) is 0.231. The summed E-state index contributed by atoms with van der Waals surface area (Å²) < 4.78 is 44.0. The topological polar surface area (TPSA) is 0 Å². The van der Waals surface area contributed by atoms with Crippen LogP contribution >= 0.6 is 0 Å². The van der Waals surface area contributed by atoms with E-state index >= 15 is 4.39 Å². The lowest BCUT2D eigenvalue weighted by atomic mass is 9.86. The van der Waals surface area contributed by atoms with E-state index in [4.69, 9.17) is 0 Å². The molecule has 0 N–H and O–H groups in total. The second-order valence-electron chi connectivity index (χ2n) is 7.47. The van der Waals surface area contributed by atoms with Gasteiger partial charge in [-0.05, 0) is 59.1 Å². The third-order valence-electron chi connectivity index (χ3n) is 5.82. The van der Waals surface area contributed by atoms with Gasteiger partial charge in [0, 0.05) is 11.1 Å². The quantitative estimate of drug-likeness (QED) is 0.434. The van der Waals surface area contributed by atoms with Crippen molar-refractivity contribution in [2.75, 3.05) is 0 Å². The summed E-state index contributed by atoms with van der Waals surface area (Å²) in [6, 6.07) is 14.8. The number of halogens is 3. The Kier molecular flexibility index (Phi) is 5.31. The van der Waals surface area contributed by atoms with Gasteiger partial charge in [-0.25, -0.2) is 13.2 Å². The zero-order chi connectivity index (χ0) is 20.5. The number of fused-ring (bicyclic) bond motifs is 1. The van der Waals surface area contributed by atoms with Gasteiger partial charge in [0.2, 0.25) is 0 Å². The molecule has 1 aliphatic rings. The zero-order valence-electron chi connectivity index (χ0n) is 16.7. The highest BCUT2D eigenvalue weighted by Gasteiger charge is 2.22. The average molecular weight is 392 g/mol. The zero-order valence-corrected chi connectivity index (χ0v) is 16.7. The number of aryl methyl sites for hydroxylation is 2. The molecule has 0 unspecified atom stereocenters. The monoisotopic (exact) mass is 392 g/mol. The fourth-order valence-electron chi connectivity index (χ4n) is 4.01. The Labute approximate surface area is 169 Å². The maximum atomic E-state index is 15.2. The smallest absolute Gasteiger partial charge is 0.167 e. The van der Waals surface area contributed by atoms with Crippen LogP contribution in [0.15, 0.2) is 48.5 Å². The van der Waals surface area contributed by atoms with Crippen LogP contribution in [0.1, 0.15) is 48.1 Å². The van der Waals surface area contributed by atoms with Crippen LogP contribution in [0, 0.1) is 17.5 Å². The SMILES string of the molecule is CCc1ccc(C2=Cc3ccc(-c4ccc(CC)c(F)c4F)c(F)c3CC2)cc1. The van der Waals surface area contributed by atoms with Crippen molar-refractivity contribution in [1.82, 2.24) is 0 Å². The van der Waals surface area contributed by atoms with E-state index in [1.54, 1.807) is 19.1 Å². The Balaban J connectivity index is 1.74. The highest BCUT2D eigenvalue weighted by molar-refractivity contribution is 5.85. The lowest BCUT2D eigenvalue weighted by molar-refractivity contribution is 0.501. The van der Waals surface area contributed by atoms with Gasteiger partial charge in [-0.15, -0.1) is 0 Å². The van der Waals surface area contributed by atoms with Gasteiger partial charge in [0.05, 0.1) is 0 Å². The molecular weight excluding hydrogens is 369 g/mol. The molecule has 3 aromatic carbocycles. The van der Waals surface area contributed by atoms with E-state index in [-0.39, 0.29) is 11.1 Å². The van der Waals surface area contributed by atoms with E-state index in [0.717, 1.165) is 23.1 Å². The van der Waals surface area contributed by atoms with Crippen LogP contribution in [0.4, 0.5) is 13.2 Å². The van der Waals surface area contributed by atoms with Gasteiger partial charge >= 0.3 is 0 Å². The minimum absolute atomic E-state index is 0.0232. The number of benzene rings is 3. The van der Waals surface area contributed by atoms with Crippen LogP contribution in [-0.4, -0.2) is 0 Å². The molecule has 3 heteroatoms. The predicted molar refractivity (Wildman–Crippen MR) is 113 cm³/mol. The van der Waals surface area contributed by atoms with Gasteiger partial charge in [-0.2, -0.15) is 0 Å². The summed E-state index contributed by atoms with van der Waals surface area (Å²) in [6.45, 7) is 3.88. The maximum Gasteiger partial charge on any atom is 0.167 e. The molecular formula is C26H23F3. The van der Waals surface area contributed by atoms with Crippen molar-refractivity contribution in [3.05, 3.63) is 93.8 Å². The largest absolute Gasteiger partial charge is 0.206 e. The van der Waals surface area contributed by atoms with E-state index < -0.39 is 17.5 Å². The molecule has 0 fully saturated rings. The Morgan fingerprint density at radius 3 is 2.07 bits per heavy atom. The van der Waals surface area contributed by atoms with Crippen molar-refractivity contribution in [1.29, 1.82) is 0 Å². The molecule has 3 aromatic rings. The fourth-order valence-corrected chi connectivity index (χ4v) is 4.01. The van der Waals surface area contributed by atoms with Crippen LogP contribution in [0.3, 0.4) is 0 Å². The molecule has 0 aliphatic heterocycles. The number of hydrogen-bond acceptors (Lipinski definition) is 0. The standard InChI is InChI=1S/C26H23F3/c1-3-16-5-7-18(8-6-16)19-10-12-21-20(15-19)11-14-22(25(21)28)23-13-9-17(4-2)24(27)26(23)29/h5-9,11,13-15H,3-4,10,12H2,1-2H3. The van der Waals surface area contributed by atoms with Crippen LogP contribution in [0.5, 0.6) is 0 Å². The minimum Gasteiger partial charge on any atom is -0.206 e. The number of hydrogen-bond donors (Lipinski definition) is 0. The van der Waals surface area contributed by atoms with Gasteiger partial charge in [-0.1, -0.05) is 68.5 Å². The van der Waals surface area contributed by atoms with Crippen molar-refractivity contribution < 1.29 is 13.2 Å². The van der Waals surface area contributed by atoms with E-state index in [1.165, 1.54) is 17.7 Å². The highest BCUT2D eigenvalue weighted by atomic mass is 19.2. The molecule has 148 valence electrons. The highest BCUT2D eigenvalue weighted by Crippen LogP contribution is 2.37. The van der Waals surface area contributed by atoms with E-state index in [9.17, 15) is 8.78 Å². The van der Waals surface area contributed by atoms with Crippen LogP contribution in [-0.2, 0) is 19.3 Å². The first-order chi connectivity index (χ1) is 14.0. The first-order valence-corrected chi connectivity index (χ1v) is 10.1. The van der Waals surface area contributed by atoms with Gasteiger partial charge in [0.1, 0.15) is 5.82 Å². The minimum atomic E-state index is -0.980. The summed E-state index contributed by atoms with van der Waals surface area (Å²) in [5, 5.41) is 0.